The van der Waals surface area contributed by atoms with Gasteiger partial charge in [0.15, 0.2) is 6.04 Å². The quantitative estimate of drug-likeness (QED) is 0.231. The Morgan fingerprint density at radius 3 is 1.81 bits per heavy atom. The van der Waals surface area contributed by atoms with Crippen LogP contribution in [0.25, 0.3) is 0 Å². The van der Waals surface area contributed by atoms with Crippen LogP contribution < -0.4 is 11.1 Å². The highest BCUT2D eigenvalue weighted by atomic mass is 35.5. The highest BCUT2D eigenvalue weighted by molar-refractivity contribution is 7.81. The molecule has 194 valence electrons. The van der Waals surface area contributed by atoms with Crippen molar-refractivity contribution < 1.29 is 14.4 Å². The molecule has 9 heteroatoms. The molecule has 0 fully saturated rings. The number of nitrogens with zero attached hydrogens (tertiary/aromatic N) is 1. The van der Waals surface area contributed by atoms with Crippen LogP contribution in [0, 0.1) is 0 Å². The van der Waals surface area contributed by atoms with Crippen molar-refractivity contribution in [1.29, 1.82) is 0 Å². The minimum Gasteiger partial charge on any atom is -0.367 e. The third kappa shape index (κ3) is 9.11. The first-order valence-electron chi connectivity index (χ1n) is 11.8. The van der Waals surface area contributed by atoms with Crippen LogP contribution in [0.1, 0.15) is 16.7 Å². The molecule has 0 saturated heterocycles. The number of thiol groups is 1. The normalized spacial score (nSPS) is 12.4. The number of primary amides is 1. The second-order valence-corrected chi connectivity index (χ2v) is 10.1. The Kier molecular flexibility index (Phi) is 10.9. The Hall–Kier alpha value is -3.00. The molecular weight excluding hydrogens is 529 g/mol. The lowest BCUT2D eigenvalue weighted by Crippen LogP contribution is -2.57. The van der Waals surface area contributed by atoms with Crippen LogP contribution in [-0.2, 0) is 33.6 Å². The molecule has 0 aliphatic carbocycles. The largest absolute Gasteiger partial charge is 0.367 e. The lowest BCUT2D eigenvalue weighted by Gasteiger charge is -2.27. The van der Waals surface area contributed by atoms with Gasteiger partial charge in [0.05, 0.1) is 5.25 Å². The summed E-state index contributed by atoms with van der Waals surface area (Å²) < 4.78 is 0. The van der Waals surface area contributed by atoms with Crippen LogP contribution in [0.3, 0.4) is 0 Å². The van der Waals surface area contributed by atoms with Crippen molar-refractivity contribution in [1.82, 2.24) is 10.2 Å². The van der Waals surface area contributed by atoms with E-state index in [9.17, 15) is 14.4 Å². The lowest BCUT2D eigenvalue weighted by atomic mass is 10.1. The maximum atomic E-state index is 13.5. The van der Waals surface area contributed by atoms with Gasteiger partial charge in [0.2, 0.25) is 11.8 Å². The molecule has 0 spiro atoms. The fourth-order valence-corrected chi connectivity index (χ4v) is 4.56. The Morgan fingerprint density at radius 1 is 0.811 bits per heavy atom. The minimum atomic E-state index is -1.52. The smallest absolute Gasteiger partial charge is 0.254 e. The van der Waals surface area contributed by atoms with Gasteiger partial charge < -0.3 is 16.0 Å². The maximum Gasteiger partial charge on any atom is 0.254 e. The van der Waals surface area contributed by atoms with E-state index in [4.69, 9.17) is 28.9 Å². The van der Waals surface area contributed by atoms with Gasteiger partial charge in [0.1, 0.15) is 0 Å². The fraction of sp³-hybridized carbons (Fsp3) is 0.250. The third-order valence-corrected chi connectivity index (χ3v) is 6.71. The number of carbonyl (C=O) groups is 3. The van der Waals surface area contributed by atoms with Gasteiger partial charge in [-0.15, -0.1) is 0 Å². The first-order chi connectivity index (χ1) is 17.7. The minimum absolute atomic E-state index is 0.299. The second kappa shape index (κ2) is 14.1. The SMILES string of the molecule is NC(=O)C(NC(=O)C(S)Cc1ccccc1)C(=O)N(CCc1cccc(Cl)c1)CCc1cccc(Cl)c1. The van der Waals surface area contributed by atoms with Crippen LogP contribution in [0.15, 0.2) is 78.9 Å². The van der Waals surface area contributed by atoms with Crippen LogP contribution in [0.5, 0.6) is 0 Å². The number of benzene rings is 3. The second-order valence-electron chi connectivity index (χ2n) is 8.63. The fourth-order valence-electron chi connectivity index (χ4n) is 3.85. The first kappa shape index (κ1) is 28.6. The molecular formula is C28H29Cl2N3O3S. The number of hydrogen-bond acceptors (Lipinski definition) is 4. The van der Waals surface area contributed by atoms with E-state index in [0.717, 1.165) is 16.7 Å². The van der Waals surface area contributed by atoms with Gasteiger partial charge in [-0.3, -0.25) is 14.4 Å². The van der Waals surface area contributed by atoms with E-state index in [1.165, 1.54) is 4.90 Å². The van der Waals surface area contributed by atoms with Gasteiger partial charge in [-0.05, 0) is 60.2 Å². The van der Waals surface area contributed by atoms with E-state index < -0.39 is 29.0 Å². The predicted molar refractivity (Wildman–Crippen MR) is 151 cm³/mol. The summed E-state index contributed by atoms with van der Waals surface area (Å²) in [5, 5.41) is 2.93. The van der Waals surface area contributed by atoms with E-state index in [2.05, 4.69) is 17.9 Å². The molecule has 0 radical (unpaired) electrons. The van der Waals surface area contributed by atoms with Gasteiger partial charge in [-0.1, -0.05) is 77.8 Å². The van der Waals surface area contributed by atoms with Crippen molar-refractivity contribution in [3.8, 4) is 0 Å². The van der Waals surface area contributed by atoms with E-state index in [1.807, 2.05) is 66.7 Å². The zero-order valence-electron chi connectivity index (χ0n) is 20.1. The summed E-state index contributed by atoms with van der Waals surface area (Å²) in [7, 11) is 0. The van der Waals surface area contributed by atoms with E-state index in [0.29, 0.717) is 42.4 Å². The van der Waals surface area contributed by atoms with E-state index in [1.54, 1.807) is 12.1 Å². The molecule has 2 atom stereocenters. The van der Waals surface area contributed by atoms with Crippen LogP contribution >= 0.6 is 35.8 Å². The number of nitrogens with two attached hydrogens (primary N) is 1. The summed E-state index contributed by atoms with van der Waals surface area (Å²) in [6, 6.07) is 22.5. The van der Waals surface area contributed by atoms with E-state index >= 15 is 0 Å². The lowest BCUT2D eigenvalue weighted by molar-refractivity contribution is -0.141. The van der Waals surface area contributed by atoms with Gasteiger partial charge in [0.25, 0.3) is 5.91 Å². The van der Waals surface area contributed by atoms with Gasteiger partial charge in [0, 0.05) is 23.1 Å². The molecule has 0 saturated carbocycles. The monoisotopic (exact) mass is 557 g/mol. The number of halogens is 2. The Morgan fingerprint density at radius 2 is 1.32 bits per heavy atom. The predicted octanol–water partition coefficient (Wildman–Crippen LogP) is 4.12. The Labute approximate surface area is 232 Å². The van der Waals surface area contributed by atoms with Gasteiger partial charge in [-0.25, -0.2) is 0 Å². The molecule has 3 amide bonds. The maximum absolute atomic E-state index is 13.5. The van der Waals surface area contributed by atoms with Crippen molar-refractivity contribution in [3.05, 3.63) is 106 Å². The summed E-state index contributed by atoms with van der Waals surface area (Å²) in [6.07, 6.45) is 1.34. The summed E-state index contributed by atoms with van der Waals surface area (Å²) in [4.78, 5) is 40.2. The molecule has 0 heterocycles. The number of nitrogens with one attached hydrogen (secondary N) is 1. The molecule has 3 aromatic rings. The summed E-state index contributed by atoms with van der Waals surface area (Å²) in [5.41, 5.74) is 8.35. The van der Waals surface area contributed by atoms with Crippen molar-refractivity contribution >= 4 is 53.6 Å². The van der Waals surface area contributed by atoms with Crippen molar-refractivity contribution in [2.75, 3.05) is 13.1 Å². The summed E-state index contributed by atoms with van der Waals surface area (Å²) in [6.45, 7) is 0.599. The number of hydrogen-bond donors (Lipinski definition) is 3. The van der Waals surface area contributed by atoms with Gasteiger partial charge in [-0.2, -0.15) is 12.6 Å². The molecule has 2 unspecified atom stereocenters. The molecule has 6 nitrogen and oxygen atoms in total. The topological polar surface area (TPSA) is 92.5 Å². The number of carbonyl (C=O) groups excluding carboxylic acids is 3. The Balaban J connectivity index is 1.73. The summed E-state index contributed by atoms with van der Waals surface area (Å²) >= 11 is 16.6. The standard InChI is InChI=1S/C28H29Cl2N3O3S/c29-22-10-4-8-20(16-22)12-14-33(15-13-21-9-5-11-23(30)17-21)28(36)25(26(31)34)32-27(35)24(37)18-19-6-2-1-3-7-19/h1-11,16-17,24-25,37H,12-15,18H2,(H2,31,34)(H,32,35). The first-order valence-corrected chi connectivity index (χ1v) is 13.1. The van der Waals surface area contributed by atoms with Gasteiger partial charge >= 0.3 is 0 Å². The van der Waals surface area contributed by atoms with Crippen molar-refractivity contribution in [2.45, 2.75) is 30.6 Å². The average Bonchev–Trinajstić information content (AvgIpc) is 2.87. The molecule has 3 N–H and O–H groups in total. The van der Waals surface area contributed by atoms with Crippen molar-refractivity contribution in [2.24, 2.45) is 5.73 Å². The Bertz CT molecular complexity index is 1180. The van der Waals surface area contributed by atoms with Crippen molar-refractivity contribution in [3.63, 3.8) is 0 Å². The molecule has 0 aliphatic rings. The summed E-state index contributed by atoms with van der Waals surface area (Å²) in [5.74, 6) is -2.06. The molecule has 0 bridgehead atoms. The highest BCUT2D eigenvalue weighted by Gasteiger charge is 2.32. The zero-order valence-corrected chi connectivity index (χ0v) is 22.6. The number of amides is 3. The highest BCUT2D eigenvalue weighted by Crippen LogP contribution is 2.15. The molecule has 0 aliphatic heterocycles. The molecule has 3 rings (SSSR count). The molecule has 37 heavy (non-hydrogen) atoms. The van der Waals surface area contributed by atoms with E-state index in [-0.39, 0.29) is 0 Å². The third-order valence-electron chi connectivity index (χ3n) is 5.82. The van der Waals surface area contributed by atoms with Crippen LogP contribution in [0.2, 0.25) is 10.0 Å². The zero-order chi connectivity index (χ0) is 26.8. The number of rotatable bonds is 12. The average molecular weight is 559 g/mol. The molecule has 0 aromatic heterocycles. The molecule has 3 aromatic carbocycles. The van der Waals surface area contributed by atoms with Crippen LogP contribution in [-0.4, -0.2) is 47.0 Å². The van der Waals surface area contributed by atoms with Crippen LogP contribution in [0.4, 0.5) is 0 Å².